The van der Waals surface area contributed by atoms with Gasteiger partial charge in [0.1, 0.15) is 0 Å². The van der Waals surface area contributed by atoms with Crippen LogP contribution in [0.3, 0.4) is 0 Å². The standard InChI is InChI=1S/C14H28O3.H3N/c1-11(2)7-9-13(3,4)14(5,12(16)17)8-6-10-15;/h11,15H,6-10H2,1-5H3,(H,16,17);1H3. The molecule has 0 fully saturated rings. The minimum atomic E-state index is -1.00. The first-order chi connectivity index (χ1) is 7.67. The molecule has 4 heteroatoms. The van der Waals surface area contributed by atoms with Crippen LogP contribution in [0.4, 0.5) is 0 Å². The van der Waals surface area contributed by atoms with Crippen molar-refractivity contribution in [3.8, 4) is 0 Å². The summed E-state index contributed by atoms with van der Waals surface area (Å²) in [7, 11) is 0. The summed E-state index contributed by atoms with van der Waals surface area (Å²) in [5, 5.41) is 20.3. The van der Waals surface area contributed by atoms with E-state index in [-0.39, 0.29) is 18.2 Å². The van der Waals surface area contributed by atoms with Crippen LogP contribution in [0, 0.1) is 16.7 Å². The van der Waals surface area contributed by atoms with Gasteiger partial charge in [0.2, 0.25) is 0 Å². The maximum Gasteiger partial charge on any atom is 0.0478 e. The molecule has 0 spiro atoms. The number of carbonyl (C=O) groups excluding carboxylic acids is 1. The first kappa shape index (κ1) is 19.7. The minimum Gasteiger partial charge on any atom is -0.550 e. The molecule has 0 saturated carbocycles. The van der Waals surface area contributed by atoms with E-state index in [1.807, 2.05) is 13.8 Å². The quantitative estimate of drug-likeness (QED) is 0.701. The number of carboxylic acid groups (broad SMARTS) is 1. The molecule has 1 unspecified atom stereocenters. The number of rotatable bonds is 8. The molecule has 0 aromatic heterocycles. The van der Waals surface area contributed by atoms with E-state index in [4.69, 9.17) is 5.11 Å². The van der Waals surface area contributed by atoms with Crippen LogP contribution in [0.2, 0.25) is 0 Å². The van der Waals surface area contributed by atoms with E-state index in [1.54, 1.807) is 6.92 Å². The van der Waals surface area contributed by atoms with Gasteiger partial charge in [-0.25, -0.2) is 0 Å². The third-order valence-electron chi connectivity index (χ3n) is 4.13. The molecule has 5 N–H and O–H groups in total. The molecule has 18 heavy (non-hydrogen) atoms. The number of carboxylic acids is 1. The van der Waals surface area contributed by atoms with E-state index in [0.29, 0.717) is 18.8 Å². The molecule has 4 nitrogen and oxygen atoms in total. The highest BCUT2D eigenvalue weighted by molar-refractivity contribution is 5.73. The zero-order chi connectivity index (χ0) is 13.7. The number of aliphatic hydroxyl groups excluding tert-OH is 1. The van der Waals surface area contributed by atoms with Crippen molar-refractivity contribution in [2.75, 3.05) is 6.61 Å². The second-order valence-corrected chi connectivity index (χ2v) is 6.26. The predicted molar refractivity (Wildman–Crippen MR) is 73.3 cm³/mol. The average molecular weight is 261 g/mol. The Kier molecular flexibility index (Phi) is 8.49. The fourth-order valence-electron chi connectivity index (χ4n) is 2.07. The number of quaternary nitrogens is 1. The van der Waals surface area contributed by atoms with Crippen molar-refractivity contribution in [1.29, 1.82) is 0 Å². The average Bonchev–Trinajstić information content (AvgIpc) is 2.22. The normalized spacial score (nSPS) is 15.1. The molecule has 110 valence electrons. The van der Waals surface area contributed by atoms with Crippen LogP contribution in [-0.4, -0.2) is 17.7 Å². The van der Waals surface area contributed by atoms with Gasteiger partial charge < -0.3 is 21.2 Å². The molecule has 0 aliphatic heterocycles. The van der Waals surface area contributed by atoms with Crippen molar-refractivity contribution < 1.29 is 15.0 Å². The second kappa shape index (κ2) is 7.74. The Morgan fingerprint density at radius 1 is 1.22 bits per heavy atom. The van der Waals surface area contributed by atoms with Gasteiger partial charge in [-0.15, -0.1) is 0 Å². The van der Waals surface area contributed by atoms with Gasteiger partial charge in [-0.2, -0.15) is 0 Å². The summed E-state index contributed by atoms with van der Waals surface area (Å²) in [6.45, 7) is 10.0. The van der Waals surface area contributed by atoms with Crippen LogP contribution in [0.25, 0.3) is 0 Å². The third-order valence-corrected chi connectivity index (χ3v) is 4.13. The van der Waals surface area contributed by atoms with Crippen molar-refractivity contribution in [2.24, 2.45) is 16.7 Å². The second-order valence-electron chi connectivity index (χ2n) is 6.26. The molecule has 0 aromatic carbocycles. The lowest BCUT2D eigenvalue weighted by molar-refractivity contribution is -0.324. The Hall–Kier alpha value is -0.610. The van der Waals surface area contributed by atoms with Gasteiger partial charge in [-0.3, -0.25) is 0 Å². The van der Waals surface area contributed by atoms with Gasteiger partial charge in [-0.1, -0.05) is 41.0 Å². The van der Waals surface area contributed by atoms with E-state index < -0.39 is 11.4 Å². The highest BCUT2D eigenvalue weighted by Gasteiger charge is 2.41. The number of hydrogen-bond donors (Lipinski definition) is 2. The monoisotopic (exact) mass is 261 g/mol. The topological polar surface area (TPSA) is 96.9 Å². The summed E-state index contributed by atoms with van der Waals surface area (Å²) in [6.07, 6.45) is 2.85. The van der Waals surface area contributed by atoms with E-state index in [9.17, 15) is 9.90 Å². The van der Waals surface area contributed by atoms with Crippen LogP contribution >= 0.6 is 0 Å². The fourth-order valence-corrected chi connectivity index (χ4v) is 2.07. The summed E-state index contributed by atoms with van der Waals surface area (Å²) in [6, 6.07) is 0. The molecule has 0 saturated heterocycles. The maximum absolute atomic E-state index is 11.4. The molecule has 0 aliphatic carbocycles. The molecular formula is C14H31NO3. The van der Waals surface area contributed by atoms with Crippen LogP contribution < -0.4 is 11.3 Å². The minimum absolute atomic E-state index is 0. The van der Waals surface area contributed by atoms with Gasteiger partial charge in [0.05, 0.1) is 0 Å². The van der Waals surface area contributed by atoms with Gasteiger partial charge >= 0.3 is 0 Å². The van der Waals surface area contributed by atoms with Gasteiger partial charge in [-0.05, 0) is 30.6 Å². The van der Waals surface area contributed by atoms with Crippen LogP contribution in [-0.2, 0) is 4.79 Å². The zero-order valence-electron chi connectivity index (χ0n) is 12.9. The fraction of sp³-hybridized carbons (Fsp3) is 0.929. The number of aliphatic hydroxyl groups is 1. The van der Waals surface area contributed by atoms with Gasteiger partial charge in [0, 0.05) is 18.0 Å². The van der Waals surface area contributed by atoms with Crippen LogP contribution in [0.15, 0.2) is 0 Å². The lowest BCUT2D eigenvalue weighted by Crippen LogP contribution is -2.49. The van der Waals surface area contributed by atoms with Crippen molar-refractivity contribution >= 4 is 5.97 Å². The smallest absolute Gasteiger partial charge is 0.0478 e. The third kappa shape index (κ3) is 4.94. The van der Waals surface area contributed by atoms with Crippen molar-refractivity contribution in [2.45, 2.75) is 60.3 Å². The van der Waals surface area contributed by atoms with Crippen LogP contribution in [0.5, 0.6) is 0 Å². The SMILES string of the molecule is CC(C)CCC(C)(C)C(C)(CCCO)C(=O)[O-].[NH4+]. The lowest BCUT2D eigenvalue weighted by Gasteiger charge is -2.46. The van der Waals surface area contributed by atoms with Crippen LogP contribution in [0.1, 0.15) is 60.3 Å². The summed E-state index contributed by atoms with van der Waals surface area (Å²) in [5.74, 6) is -0.433. The molecule has 0 aromatic rings. The van der Waals surface area contributed by atoms with Crippen molar-refractivity contribution in [1.82, 2.24) is 6.15 Å². The zero-order valence-corrected chi connectivity index (χ0v) is 12.9. The summed E-state index contributed by atoms with van der Waals surface area (Å²) in [4.78, 5) is 11.4. The van der Waals surface area contributed by atoms with E-state index in [0.717, 1.165) is 12.8 Å². The molecule has 0 amide bonds. The molecule has 0 aliphatic rings. The first-order valence-electron chi connectivity index (χ1n) is 6.49. The Balaban J connectivity index is 0. The molecule has 1 atom stereocenters. The van der Waals surface area contributed by atoms with Gasteiger partial charge in [0.25, 0.3) is 0 Å². The summed E-state index contributed by atoms with van der Waals surface area (Å²) < 4.78 is 0. The molecule has 0 rings (SSSR count). The number of carbonyl (C=O) groups is 1. The van der Waals surface area contributed by atoms with Gasteiger partial charge in [0.15, 0.2) is 0 Å². The number of hydrogen-bond acceptors (Lipinski definition) is 3. The predicted octanol–water partition coefficient (Wildman–Crippen LogP) is 2.35. The Labute approximate surface area is 111 Å². The lowest BCUT2D eigenvalue weighted by atomic mass is 9.62. The van der Waals surface area contributed by atoms with E-state index in [2.05, 4.69) is 13.8 Å². The summed E-state index contributed by atoms with van der Waals surface area (Å²) >= 11 is 0. The Morgan fingerprint density at radius 2 is 1.72 bits per heavy atom. The summed E-state index contributed by atoms with van der Waals surface area (Å²) in [5.41, 5.74) is -1.18. The molecular weight excluding hydrogens is 230 g/mol. The van der Waals surface area contributed by atoms with Crippen molar-refractivity contribution in [3.05, 3.63) is 0 Å². The van der Waals surface area contributed by atoms with E-state index >= 15 is 0 Å². The largest absolute Gasteiger partial charge is 0.550 e. The highest BCUT2D eigenvalue weighted by Crippen LogP contribution is 2.46. The molecule has 0 heterocycles. The van der Waals surface area contributed by atoms with Crippen molar-refractivity contribution in [3.63, 3.8) is 0 Å². The molecule has 0 bridgehead atoms. The Bertz CT molecular complexity index is 251. The van der Waals surface area contributed by atoms with E-state index in [1.165, 1.54) is 0 Å². The molecule has 0 radical (unpaired) electrons. The maximum atomic E-state index is 11.4. The highest BCUT2D eigenvalue weighted by atomic mass is 16.4. The Morgan fingerprint density at radius 3 is 2.06 bits per heavy atom. The number of aliphatic carboxylic acids is 1. The first-order valence-corrected chi connectivity index (χ1v) is 6.49.